The molecule has 0 saturated carbocycles. The number of hydrogen-bond acceptors (Lipinski definition) is 4. The summed E-state index contributed by atoms with van der Waals surface area (Å²) < 4.78 is 23.4. The molecule has 136 valence electrons. The molecule has 26 heavy (non-hydrogen) atoms. The van der Waals surface area contributed by atoms with Crippen molar-refractivity contribution < 1.29 is 18.9 Å². The lowest BCUT2D eigenvalue weighted by molar-refractivity contribution is 0.305. The predicted octanol–water partition coefficient (Wildman–Crippen LogP) is 3.82. The van der Waals surface area contributed by atoms with Gasteiger partial charge in [-0.15, -0.1) is 0 Å². The van der Waals surface area contributed by atoms with Gasteiger partial charge in [0.1, 0.15) is 22.4 Å². The molecule has 4 fully saturated rings. The summed E-state index contributed by atoms with van der Waals surface area (Å²) in [5.74, 6) is 0. The largest absolute Gasteiger partial charge is 0.365 e. The molecule has 4 heterocycles. The molecule has 4 heteroatoms. The fourth-order valence-corrected chi connectivity index (χ4v) is 4.46. The van der Waals surface area contributed by atoms with Crippen LogP contribution >= 0.6 is 0 Å². The Morgan fingerprint density at radius 2 is 0.846 bits per heavy atom. The van der Waals surface area contributed by atoms with Crippen LogP contribution in [0.1, 0.15) is 49.9 Å². The van der Waals surface area contributed by atoms with Crippen LogP contribution in [0.4, 0.5) is 0 Å². The molecule has 4 aliphatic heterocycles. The highest BCUT2D eigenvalue weighted by atomic mass is 16.6. The second-order valence-electron chi connectivity index (χ2n) is 9.15. The predicted molar refractivity (Wildman–Crippen MR) is 97.2 cm³/mol. The van der Waals surface area contributed by atoms with Gasteiger partial charge in [0.15, 0.2) is 0 Å². The van der Waals surface area contributed by atoms with E-state index in [-0.39, 0.29) is 22.4 Å². The van der Waals surface area contributed by atoms with Crippen LogP contribution in [-0.2, 0) is 41.4 Å². The van der Waals surface area contributed by atoms with Crippen molar-refractivity contribution in [1.29, 1.82) is 0 Å². The van der Waals surface area contributed by atoms with Crippen LogP contribution in [0.5, 0.6) is 0 Å². The first-order chi connectivity index (χ1) is 12.3. The molecule has 0 aromatic heterocycles. The number of benzene rings is 2. The highest BCUT2D eigenvalue weighted by Gasteiger charge is 2.53. The van der Waals surface area contributed by atoms with Crippen LogP contribution in [0.25, 0.3) is 10.8 Å². The van der Waals surface area contributed by atoms with Crippen molar-refractivity contribution in [3.05, 3.63) is 46.5 Å². The van der Waals surface area contributed by atoms with E-state index in [0.717, 1.165) is 26.4 Å². The molecule has 4 nitrogen and oxygen atoms in total. The second-order valence-corrected chi connectivity index (χ2v) is 9.15. The van der Waals surface area contributed by atoms with Gasteiger partial charge in [0, 0.05) is 0 Å². The highest BCUT2D eigenvalue weighted by Crippen LogP contribution is 2.54. The average Bonchev–Trinajstić information content (AvgIpc) is 3.39. The maximum absolute atomic E-state index is 5.89. The third-order valence-corrected chi connectivity index (χ3v) is 6.71. The van der Waals surface area contributed by atoms with Gasteiger partial charge in [-0.25, -0.2) is 0 Å². The van der Waals surface area contributed by atoms with Gasteiger partial charge >= 0.3 is 0 Å². The molecule has 6 rings (SSSR count). The average molecular weight is 352 g/mol. The van der Waals surface area contributed by atoms with Crippen molar-refractivity contribution >= 4 is 10.8 Å². The smallest absolute Gasteiger partial charge is 0.115 e. The summed E-state index contributed by atoms with van der Waals surface area (Å²) in [5, 5.41) is 2.53. The van der Waals surface area contributed by atoms with E-state index < -0.39 is 0 Å². The van der Waals surface area contributed by atoms with Crippen molar-refractivity contribution in [2.24, 2.45) is 0 Å². The number of hydrogen-bond donors (Lipinski definition) is 0. The zero-order valence-electron chi connectivity index (χ0n) is 15.8. The lowest BCUT2D eigenvalue weighted by atomic mass is 9.80. The molecule has 2 aromatic carbocycles. The number of epoxide rings is 4. The van der Waals surface area contributed by atoms with E-state index in [0.29, 0.717) is 0 Å². The van der Waals surface area contributed by atoms with Gasteiger partial charge < -0.3 is 18.9 Å². The lowest BCUT2D eigenvalue weighted by Crippen LogP contribution is -2.18. The van der Waals surface area contributed by atoms with Gasteiger partial charge in [0.2, 0.25) is 0 Å². The van der Waals surface area contributed by atoms with Gasteiger partial charge in [-0.1, -0.05) is 24.3 Å². The fraction of sp³-hybridized carbons (Fsp3) is 0.545. The van der Waals surface area contributed by atoms with Crippen LogP contribution in [0.15, 0.2) is 24.3 Å². The number of ether oxygens (including phenoxy) is 4. The Morgan fingerprint density at radius 1 is 0.538 bits per heavy atom. The summed E-state index contributed by atoms with van der Waals surface area (Å²) in [6, 6.07) is 8.99. The molecule has 2 aromatic rings. The first kappa shape index (κ1) is 15.6. The fourth-order valence-electron chi connectivity index (χ4n) is 4.46. The normalized spacial score (nSPS) is 42.8. The molecule has 4 unspecified atom stereocenters. The molecule has 0 N–H and O–H groups in total. The van der Waals surface area contributed by atoms with Gasteiger partial charge in [0.05, 0.1) is 26.4 Å². The molecule has 0 amide bonds. The first-order valence-electron chi connectivity index (χ1n) is 9.46. The molecule has 4 saturated heterocycles. The minimum absolute atomic E-state index is 0.178. The van der Waals surface area contributed by atoms with Crippen LogP contribution in [-0.4, -0.2) is 26.4 Å². The van der Waals surface area contributed by atoms with E-state index >= 15 is 0 Å². The molecule has 0 bridgehead atoms. The van der Waals surface area contributed by atoms with Crippen molar-refractivity contribution in [2.45, 2.75) is 50.1 Å². The number of rotatable bonds is 4. The van der Waals surface area contributed by atoms with E-state index in [1.165, 1.54) is 33.0 Å². The lowest BCUT2D eigenvalue weighted by Gasteiger charge is -2.24. The SMILES string of the molecule is CC1(c2ccc3c(C4(C)CO4)c(C4(C)CO4)ccc3c2C2(C)CO2)CO1. The maximum Gasteiger partial charge on any atom is 0.115 e. The van der Waals surface area contributed by atoms with E-state index in [9.17, 15) is 0 Å². The Hall–Kier alpha value is -1.46. The van der Waals surface area contributed by atoms with Crippen molar-refractivity contribution in [3.63, 3.8) is 0 Å². The standard InChI is InChI=1S/C22H24O4/c1-19(9-23-19)15-7-5-14-13(17(15)21(3)11-25-21)6-8-16(20(2)10-24-20)18(14)22(4)12-26-22/h5-8H,9-12H2,1-4H3. The Morgan fingerprint density at radius 3 is 1.12 bits per heavy atom. The topological polar surface area (TPSA) is 50.1 Å². The van der Waals surface area contributed by atoms with E-state index in [4.69, 9.17) is 18.9 Å². The zero-order valence-corrected chi connectivity index (χ0v) is 15.8. The zero-order chi connectivity index (χ0) is 17.9. The Balaban J connectivity index is 1.69. The minimum Gasteiger partial charge on any atom is -0.365 e. The maximum atomic E-state index is 5.89. The molecular weight excluding hydrogens is 328 g/mol. The van der Waals surface area contributed by atoms with Gasteiger partial charge in [-0.2, -0.15) is 0 Å². The third kappa shape index (κ3) is 1.99. The summed E-state index contributed by atoms with van der Waals surface area (Å²) >= 11 is 0. The van der Waals surface area contributed by atoms with Crippen LogP contribution < -0.4 is 0 Å². The molecule has 4 atom stereocenters. The Kier molecular flexibility index (Phi) is 2.60. The molecule has 4 aliphatic rings. The highest BCUT2D eigenvalue weighted by molar-refractivity contribution is 5.93. The van der Waals surface area contributed by atoms with Crippen molar-refractivity contribution in [2.75, 3.05) is 26.4 Å². The van der Waals surface area contributed by atoms with Crippen molar-refractivity contribution in [1.82, 2.24) is 0 Å². The Labute approximate surface area is 153 Å². The first-order valence-corrected chi connectivity index (χ1v) is 9.46. The molecule has 0 radical (unpaired) electrons. The number of fused-ring (bicyclic) bond motifs is 1. The summed E-state index contributed by atoms with van der Waals surface area (Å²) in [6.45, 7) is 11.8. The summed E-state index contributed by atoms with van der Waals surface area (Å²) in [7, 11) is 0. The van der Waals surface area contributed by atoms with Gasteiger partial charge in [-0.05, 0) is 60.7 Å². The summed E-state index contributed by atoms with van der Waals surface area (Å²) in [5.41, 5.74) is 4.31. The molecule has 0 spiro atoms. The monoisotopic (exact) mass is 352 g/mol. The molecular formula is C22H24O4. The molecule has 0 aliphatic carbocycles. The summed E-state index contributed by atoms with van der Waals surface area (Å²) in [4.78, 5) is 0. The van der Waals surface area contributed by atoms with Crippen LogP contribution in [0, 0.1) is 0 Å². The van der Waals surface area contributed by atoms with Gasteiger partial charge in [0.25, 0.3) is 0 Å². The van der Waals surface area contributed by atoms with E-state index in [1.807, 2.05) is 0 Å². The minimum atomic E-state index is -0.214. The summed E-state index contributed by atoms with van der Waals surface area (Å²) in [6.07, 6.45) is 0. The van der Waals surface area contributed by atoms with E-state index in [1.54, 1.807) is 0 Å². The van der Waals surface area contributed by atoms with E-state index in [2.05, 4.69) is 52.0 Å². The van der Waals surface area contributed by atoms with Crippen LogP contribution in [0.3, 0.4) is 0 Å². The van der Waals surface area contributed by atoms with Crippen molar-refractivity contribution in [3.8, 4) is 0 Å². The quantitative estimate of drug-likeness (QED) is 0.785. The third-order valence-electron chi connectivity index (χ3n) is 6.71. The Bertz CT molecular complexity index is 881. The van der Waals surface area contributed by atoms with Gasteiger partial charge in [-0.3, -0.25) is 0 Å². The van der Waals surface area contributed by atoms with Crippen LogP contribution in [0.2, 0.25) is 0 Å². The second kappa shape index (κ2) is 4.33.